The molecule has 2 heteroatoms. The summed E-state index contributed by atoms with van der Waals surface area (Å²) in [5, 5.41) is 2.66. The van der Waals surface area contributed by atoms with Gasteiger partial charge in [0, 0.05) is 19.6 Å². The lowest BCUT2D eigenvalue weighted by Gasteiger charge is -2.34. The molecule has 1 saturated heterocycles. The fraction of sp³-hybridized carbons (Fsp3) is 0.412. The van der Waals surface area contributed by atoms with E-state index in [0.717, 1.165) is 6.54 Å². The summed E-state index contributed by atoms with van der Waals surface area (Å²) in [5.41, 5.74) is 2.71. The Bertz CT molecular complexity index is 585. The van der Waals surface area contributed by atoms with E-state index in [9.17, 15) is 4.39 Å². The monoisotopic (exact) mass is 257 g/mol. The van der Waals surface area contributed by atoms with Crippen LogP contribution in [0.3, 0.4) is 0 Å². The van der Waals surface area contributed by atoms with Gasteiger partial charge in [0.2, 0.25) is 0 Å². The van der Waals surface area contributed by atoms with Crippen molar-refractivity contribution in [3.05, 3.63) is 47.5 Å². The highest BCUT2D eigenvalue weighted by Crippen LogP contribution is 2.29. The van der Waals surface area contributed by atoms with E-state index < -0.39 is 6.17 Å². The van der Waals surface area contributed by atoms with E-state index in [0.29, 0.717) is 19.0 Å². The van der Waals surface area contributed by atoms with E-state index in [-0.39, 0.29) is 0 Å². The highest BCUT2D eigenvalue weighted by molar-refractivity contribution is 5.89. The highest BCUT2D eigenvalue weighted by atomic mass is 19.1. The summed E-state index contributed by atoms with van der Waals surface area (Å²) >= 11 is 0. The van der Waals surface area contributed by atoms with E-state index in [1.165, 1.54) is 21.9 Å². The molecule has 1 heterocycles. The second-order valence-corrected chi connectivity index (χ2v) is 5.81. The van der Waals surface area contributed by atoms with Crippen LogP contribution in [0, 0.1) is 0 Å². The van der Waals surface area contributed by atoms with Crippen LogP contribution in [0.2, 0.25) is 0 Å². The topological polar surface area (TPSA) is 3.24 Å². The zero-order chi connectivity index (χ0) is 13.4. The minimum Gasteiger partial charge on any atom is -0.293 e. The van der Waals surface area contributed by atoms with Crippen LogP contribution < -0.4 is 0 Å². The maximum absolute atomic E-state index is 12.9. The van der Waals surface area contributed by atoms with Gasteiger partial charge in [-0.25, -0.2) is 4.39 Å². The molecule has 0 unspecified atom stereocenters. The number of fused-ring (bicyclic) bond motifs is 1. The van der Waals surface area contributed by atoms with Crippen LogP contribution in [0.5, 0.6) is 0 Å². The van der Waals surface area contributed by atoms with Crippen molar-refractivity contribution >= 4 is 10.8 Å². The van der Waals surface area contributed by atoms with Crippen molar-refractivity contribution in [2.45, 2.75) is 32.5 Å². The largest absolute Gasteiger partial charge is 0.293 e. The van der Waals surface area contributed by atoms with Crippen molar-refractivity contribution in [3.8, 4) is 0 Å². The smallest absolute Gasteiger partial charge is 0.125 e. The van der Waals surface area contributed by atoms with Gasteiger partial charge in [0.25, 0.3) is 0 Å². The molecule has 0 N–H and O–H groups in total. The van der Waals surface area contributed by atoms with Gasteiger partial charge in [-0.1, -0.05) is 50.2 Å². The Morgan fingerprint density at radius 1 is 1.11 bits per heavy atom. The van der Waals surface area contributed by atoms with E-state index in [4.69, 9.17) is 0 Å². The van der Waals surface area contributed by atoms with Crippen LogP contribution in [0.4, 0.5) is 4.39 Å². The second-order valence-electron chi connectivity index (χ2n) is 5.81. The van der Waals surface area contributed by atoms with Crippen LogP contribution in [0.1, 0.15) is 30.9 Å². The summed E-state index contributed by atoms with van der Waals surface area (Å²) in [6, 6.07) is 13.0. The average molecular weight is 257 g/mol. The number of nitrogens with zero attached hydrogens (tertiary/aromatic N) is 1. The Morgan fingerprint density at radius 3 is 2.42 bits per heavy atom. The van der Waals surface area contributed by atoms with Crippen molar-refractivity contribution < 1.29 is 4.39 Å². The van der Waals surface area contributed by atoms with Crippen LogP contribution in [-0.4, -0.2) is 24.2 Å². The third-order valence-corrected chi connectivity index (χ3v) is 3.98. The Labute approximate surface area is 114 Å². The maximum Gasteiger partial charge on any atom is 0.125 e. The summed E-state index contributed by atoms with van der Waals surface area (Å²) in [6.07, 6.45) is -0.624. The first-order chi connectivity index (χ1) is 9.15. The molecule has 1 nitrogen and oxygen atoms in total. The van der Waals surface area contributed by atoms with Crippen LogP contribution in [-0.2, 0) is 6.54 Å². The second kappa shape index (κ2) is 4.93. The molecule has 19 heavy (non-hydrogen) atoms. The first-order valence-corrected chi connectivity index (χ1v) is 7.02. The van der Waals surface area contributed by atoms with Gasteiger partial charge in [-0.2, -0.15) is 0 Å². The molecule has 1 aliphatic heterocycles. The van der Waals surface area contributed by atoms with E-state index in [1.54, 1.807) is 0 Å². The first-order valence-electron chi connectivity index (χ1n) is 7.02. The van der Waals surface area contributed by atoms with Gasteiger partial charge in [0.15, 0.2) is 0 Å². The summed E-state index contributed by atoms with van der Waals surface area (Å²) in [5.74, 6) is 0.526. The predicted molar refractivity (Wildman–Crippen MR) is 78.2 cm³/mol. The maximum atomic E-state index is 12.9. The van der Waals surface area contributed by atoms with Crippen molar-refractivity contribution in [2.75, 3.05) is 13.1 Å². The van der Waals surface area contributed by atoms with Gasteiger partial charge >= 0.3 is 0 Å². The molecule has 0 atom stereocenters. The number of alkyl halides is 1. The van der Waals surface area contributed by atoms with Crippen LogP contribution >= 0.6 is 0 Å². The molecule has 0 aromatic heterocycles. The van der Waals surface area contributed by atoms with Crippen LogP contribution in [0.25, 0.3) is 10.8 Å². The van der Waals surface area contributed by atoms with Gasteiger partial charge in [-0.15, -0.1) is 0 Å². The molecule has 100 valence electrons. The number of benzene rings is 2. The first kappa shape index (κ1) is 12.6. The standard InChI is InChI=1S/C17H20FN/c1-12(2)15-8-7-13(9-19-10-14(18)11-19)16-5-3-4-6-17(15)16/h3-8,12,14H,9-11H2,1-2H3. The normalized spacial score (nSPS) is 17.1. The molecular weight excluding hydrogens is 237 g/mol. The zero-order valence-corrected chi connectivity index (χ0v) is 11.6. The van der Waals surface area contributed by atoms with Crippen molar-refractivity contribution in [2.24, 2.45) is 0 Å². The molecule has 0 radical (unpaired) electrons. The van der Waals surface area contributed by atoms with Gasteiger partial charge in [-0.05, 0) is 27.8 Å². The number of halogens is 1. The van der Waals surface area contributed by atoms with Crippen molar-refractivity contribution in [3.63, 3.8) is 0 Å². The number of rotatable bonds is 3. The lowest BCUT2D eigenvalue weighted by Crippen LogP contribution is -2.47. The molecule has 2 aromatic carbocycles. The SMILES string of the molecule is CC(C)c1ccc(CN2CC(F)C2)c2ccccc12. The molecule has 1 fully saturated rings. The third kappa shape index (κ3) is 2.37. The van der Waals surface area contributed by atoms with Gasteiger partial charge in [0.05, 0.1) is 0 Å². The quantitative estimate of drug-likeness (QED) is 0.799. The zero-order valence-electron chi connectivity index (χ0n) is 11.6. The molecule has 0 amide bonds. The van der Waals surface area contributed by atoms with Gasteiger partial charge in [0.1, 0.15) is 6.17 Å². The molecule has 2 aromatic rings. The van der Waals surface area contributed by atoms with Crippen molar-refractivity contribution in [1.82, 2.24) is 4.90 Å². The summed E-state index contributed by atoms with van der Waals surface area (Å²) < 4.78 is 12.9. The summed E-state index contributed by atoms with van der Waals surface area (Å²) in [4.78, 5) is 2.17. The summed E-state index contributed by atoms with van der Waals surface area (Å²) in [6.45, 7) is 6.48. The molecule has 0 saturated carbocycles. The number of likely N-dealkylation sites (tertiary alicyclic amines) is 1. The number of hydrogen-bond donors (Lipinski definition) is 0. The molecule has 0 spiro atoms. The molecule has 1 aliphatic rings. The minimum absolute atomic E-state index is 0.526. The fourth-order valence-corrected chi connectivity index (χ4v) is 2.90. The minimum atomic E-state index is -0.624. The van der Waals surface area contributed by atoms with Crippen LogP contribution in [0.15, 0.2) is 36.4 Å². The average Bonchev–Trinajstić information content (AvgIpc) is 2.36. The molecular formula is C17H20FN. The van der Waals surface area contributed by atoms with Crippen molar-refractivity contribution in [1.29, 1.82) is 0 Å². The lowest BCUT2D eigenvalue weighted by atomic mass is 9.93. The number of hydrogen-bond acceptors (Lipinski definition) is 1. The highest BCUT2D eigenvalue weighted by Gasteiger charge is 2.26. The van der Waals surface area contributed by atoms with E-state index in [1.807, 2.05) is 0 Å². The van der Waals surface area contributed by atoms with E-state index in [2.05, 4.69) is 55.1 Å². The Morgan fingerprint density at radius 2 is 1.79 bits per heavy atom. The molecule has 0 bridgehead atoms. The Kier molecular flexibility index (Phi) is 3.28. The lowest BCUT2D eigenvalue weighted by molar-refractivity contribution is 0.0594. The third-order valence-electron chi connectivity index (χ3n) is 3.98. The van der Waals surface area contributed by atoms with Gasteiger partial charge < -0.3 is 0 Å². The molecule has 0 aliphatic carbocycles. The van der Waals surface area contributed by atoms with E-state index >= 15 is 0 Å². The Hall–Kier alpha value is -1.41. The summed E-state index contributed by atoms with van der Waals surface area (Å²) in [7, 11) is 0. The Balaban J connectivity index is 1.99. The fourth-order valence-electron chi connectivity index (χ4n) is 2.90. The predicted octanol–water partition coefficient (Wildman–Crippen LogP) is 4.12. The van der Waals surface area contributed by atoms with Gasteiger partial charge in [-0.3, -0.25) is 4.90 Å². The molecule has 3 rings (SSSR count).